The van der Waals surface area contributed by atoms with Crippen molar-refractivity contribution in [3.05, 3.63) is 0 Å². The van der Waals surface area contributed by atoms with Crippen molar-refractivity contribution in [2.24, 2.45) is 0 Å². The van der Waals surface area contributed by atoms with Gasteiger partial charge in [0.1, 0.15) is 0 Å². The van der Waals surface area contributed by atoms with Crippen molar-refractivity contribution < 1.29 is 47.1 Å². The van der Waals surface area contributed by atoms with Crippen molar-refractivity contribution in [1.29, 1.82) is 0 Å². The molecule has 0 saturated carbocycles. The first-order chi connectivity index (χ1) is 4.46. The van der Waals surface area contributed by atoms with Crippen molar-refractivity contribution in [3.63, 3.8) is 0 Å². The predicted octanol–water partition coefficient (Wildman–Crippen LogP) is -2.51. The van der Waals surface area contributed by atoms with Crippen molar-refractivity contribution >= 4 is 41.5 Å². The average Bonchev–Trinajstić information content (AvgIpc) is 1.84. The number of carboxylic acid groups (broad SMARTS) is 2. The van der Waals surface area contributed by atoms with Gasteiger partial charge in [-0.3, -0.25) is 0 Å². The van der Waals surface area contributed by atoms with Gasteiger partial charge < -0.3 is 20.4 Å². The molecule has 0 rings (SSSR count). The number of hydrogen-bond acceptors (Lipinski definition) is 4. The molecule has 0 aliphatic carbocycles. The first kappa shape index (κ1) is 18.2. The summed E-state index contributed by atoms with van der Waals surface area (Å²) in [6, 6.07) is 0. The summed E-state index contributed by atoms with van der Waals surface area (Å²) in [4.78, 5) is 19.5. The molecule has 0 amide bonds. The number of carbonyl (C=O) groups is 2. The van der Waals surface area contributed by atoms with Gasteiger partial charge >= 0.3 is 11.9 Å². The average molecular weight is 229 g/mol. The van der Waals surface area contributed by atoms with Crippen molar-refractivity contribution in [3.8, 4) is 0 Å². The molecule has 6 nitrogen and oxygen atoms in total. The second kappa shape index (κ2) is 8.00. The van der Waals surface area contributed by atoms with Crippen molar-refractivity contribution in [1.82, 2.24) is 0 Å². The fraction of sp³-hybridized carbons (Fsp3) is 0.500. The molecular weight excluding hydrogens is 223 g/mol. The number of carboxylic acids is 2. The topological polar surface area (TPSA) is 115 Å². The van der Waals surface area contributed by atoms with Crippen LogP contribution >= 0.6 is 0 Å². The summed E-state index contributed by atoms with van der Waals surface area (Å²) in [5.74, 6) is -3.54. The molecule has 0 aliphatic rings. The summed E-state index contributed by atoms with van der Waals surface area (Å²) in [5.41, 5.74) is 0. The van der Waals surface area contributed by atoms with Crippen LogP contribution < -0.4 is 0 Å². The standard InChI is InChI=1S/C4H6O6.Fe.Na/c5-1(3(7)8)2(6)4(9)10;;/h1-2,5-6H,(H,7,8)(H,9,10);;. The van der Waals surface area contributed by atoms with E-state index in [0.717, 1.165) is 0 Å². The minimum atomic E-state index is -2.27. The SMILES string of the molecule is O=C(O)C(O)C(O)C(=O)O.[Fe].[Na]. The van der Waals surface area contributed by atoms with Gasteiger partial charge in [0.2, 0.25) is 0 Å². The molecule has 67 valence electrons. The van der Waals surface area contributed by atoms with Crippen LogP contribution in [0, 0.1) is 0 Å². The first-order valence-corrected chi connectivity index (χ1v) is 2.28. The molecule has 0 spiro atoms. The summed E-state index contributed by atoms with van der Waals surface area (Å²) < 4.78 is 0. The van der Waals surface area contributed by atoms with E-state index in [1.807, 2.05) is 0 Å². The van der Waals surface area contributed by atoms with Crippen LogP contribution in [0.1, 0.15) is 0 Å². The van der Waals surface area contributed by atoms with E-state index in [-0.39, 0.29) is 46.6 Å². The van der Waals surface area contributed by atoms with Crippen LogP contribution in [-0.2, 0) is 26.7 Å². The molecule has 0 aromatic rings. The Balaban J connectivity index is -0.000000405. The molecule has 2 unspecified atom stereocenters. The maximum absolute atomic E-state index is 9.77. The number of hydrogen-bond donors (Lipinski definition) is 4. The summed E-state index contributed by atoms with van der Waals surface area (Å²) in [6.45, 7) is 0. The third kappa shape index (κ3) is 5.96. The van der Waals surface area contributed by atoms with E-state index in [1.165, 1.54) is 0 Å². The fourth-order valence-corrected chi connectivity index (χ4v) is 0.270. The molecule has 0 fully saturated rings. The molecule has 8 heteroatoms. The Bertz CT molecular complexity index is 144. The van der Waals surface area contributed by atoms with Crippen LogP contribution in [0.5, 0.6) is 0 Å². The number of aliphatic hydroxyl groups is 2. The molecule has 2 atom stereocenters. The Labute approximate surface area is 100 Å². The summed E-state index contributed by atoms with van der Waals surface area (Å²) in [5, 5.41) is 32.5. The van der Waals surface area contributed by atoms with Crippen LogP contribution in [0.15, 0.2) is 0 Å². The van der Waals surface area contributed by atoms with Gasteiger partial charge in [0.05, 0.1) is 0 Å². The zero-order valence-corrected chi connectivity index (χ0v) is 9.22. The Kier molecular flexibility index (Phi) is 12.1. The molecule has 0 bridgehead atoms. The number of rotatable bonds is 3. The van der Waals surface area contributed by atoms with E-state index in [0.29, 0.717) is 0 Å². The van der Waals surface area contributed by atoms with Gasteiger partial charge in [0.25, 0.3) is 0 Å². The van der Waals surface area contributed by atoms with E-state index >= 15 is 0 Å². The van der Waals surface area contributed by atoms with Crippen molar-refractivity contribution in [2.45, 2.75) is 12.2 Å². The second-order valence-electron chi connectivity index (χ2n) is 1.57. The van der Waals surface area contributed by atoms with E-state index < -0.39 is 24.1 Å². The molecule has 0 saturated heterocycles. The van der Waals surface area contributed by atoms with Gasteiger partial charge in [-0.15, -0.1) is 0 Å². The molecule has 4 N–H and O–H groups in total. The first-order valence-electron chi connectivity index (χ1n) is 2.28. The number of aliphatic carboxylic acids is 2. The smallest absolute Gasteiger partial charge is 0.335 e. The minimum absolute atomic E-state index is 0. The predicted molar refractivity (Wildman–Crippen MR) is 33.0 cm³/mol. The Morgan fingerprint density at radius 1 is 0.917 bits per heavy atom. The third-order valence-electron chi connectivity index (χ3n) is 0.805. The zero-order chi connectivity index (χ0) is 8.31. The number of aliphatic hydroxyl groups excluding tert-OH is 2. The Morgan fingerprint density at radius 2 is 1.08 bits per heavy atom. The van der Waals surface area contributed by atoms with Crippen LogP contribution in [-0.4, -0.2) is 74.1 Å². The molecule has 1 radical (unpaired) electrons. The van der Waals surface area contributed by atoms with Crippen LogP contribution in [0.3, 0.4) is 0 Å². The molecular formula is C4H6FeNaO6. The van der Waals surface area contributed by atoms with Gasteiger partial charge in [0.15, 0.2) is 12.2 Å². The maximum atomic E-state index is 9.77. The van der Waals surface area contributed by atoms with Crippen molar-refractivity contribution in [2.75, 3.05) is 0 Å². The summed E-state index contributed by atoms with van der Waals surface area (Å²) >= 11 is 0. The van der Waals surface area contributed by atoms with E-state index in [4.69, 9.17) is 20.4 Å². The normalized spacial score (nSPS) is 13.2. The zero-order valence-electron chi connectivity index (χ0n) is 6.11. The maximum Gasteiger partial charge on any atom is 0.335 e. The quantitative estimate of drug-likeness (QED) is 0.397. The van der Waals surface area contributed by atoms with E-state index in [1.54, 1.807) is 0 Å². The van der Waals surface area contributed by atoms with Crippen LogP contribution in [0.2, 0.25) is 0 Å². The Morgan fingerprint density at radius 3 is 1.17 bits per heavy atom. The van der Waals surface area contributed by atoms with Gasteiger partial charge in [0, 0.05) is 46.6 Å². The molecule has 0 heterocycles. The minimum Gasteiger partial charge on any atom is -0.479 e. The second-order valence-corrected chi connectivity index (χ2v) is 1.57. The fourth-order valence-electron chi connectivity index (χ4n) is 0.270. The third-order valence-corrected chi connectivity index (χ3v) is 0.805. The van der Waals surface area contributed by atoms with Crippen LogP contribution in [0.4, 0.5) is 0 Å². The molecule has 12 heavy (non-hydrogen) atoms. The largest absolute Gasteiger partial charge is 0.479 e. The summed E-state index contributed by atoms with van der Waals surface area (Å²) in [6.07, 6.45) is -4.53. The molecule has 0 aliphatic heterocycles. The van der Waals surface area contributed by atoms with Gasteiger partial charge in [-0.1, -0.05) is 0 Å². The molecule has 0 aromatic heterocycles. The van der Waals surface area contributed by atoms with Gasteiger partial charge in [-0.05, 0) is 0 Å². The monoisotopic (exact) mass is 229 g/mol. The van der Waals surface area contributed by atoms with Crippen LogP contribution in [0.25, 0.3) is 0 Å². The van der Waals surface area contributed by atoms with E-state index in [2.05, 4.69) is 0 Å². The van der Waals surface area contributed by atoms with E-state index in [9.17, 15) is 9.59 Å². The molecule has 0 aromatic carbocycles. The van der Waals surface area contributed by atoms with Gasteiger partial charge in [-0.25, -0.2) is 9.59 Å². The van der Waals surface area contributed by atoms with Gasteiger partial charge in [-0.2, -0.15) is 0 Å². The summed E-state index contributed by atoms with van der Waals surface area (Å²) in [7, 11) is 0. The Hall–Kier alpha value is 0.379.